The number of aromatic amines is 1. The second-order valence-electron chi connectivity index (χ2n) is 6.13. The predicted octanol–water partition coefficient (Wildman–Crippen LogP) is 1.96. The molecule has 7 heteroatoms. The van der Waals surface area contributed by atoms with Crippen molar-refractivity contribution in [2.75, 3.05) is 0 Å². The second kappa shape index (κ2) is 5.21. The fraction of sp³-hybridized carbons (Fsp3) is 0.615. The number of H-pyrrole nitrogens is 1. The molecule has 1 unspecified atom stereocenters. The lowest BCUT2D eigenvalue weighted by molar-refractivity contribution is 0.0691. The molecule has 112 valence electrons. The first-order chi connectivity index (χ1) is 9.20. The van der Waals surface area contributed by atoms with E-state index in [0.29, 0.717) is 0 Å². The van der Waals surface area contributed by atoms with Gasteiger partial charge >= 0.3 is 5.97 Å². The van der Waals surface area contributed by atoms with Crippen LogP contribution in [-0.2, 0) is 10.0 Å². The third-order valence-corrected chi connectivity index (χ3v) is 5.22. The quantitative estimate of drug-likeness (QED) is 0.791. The maximum Gasteiger partial charge on any atom is 0.352 e. The fourth-order valence-corrected chi connectivity index (χ4v) is 4.00. The number of nitrogens with one attached hydrogen (secondary N) is 2. The van der Waals surface area contributed by atoms with Crippen molar-refractivity contribution < 1.29 is 18.3 Å². The Hall–Kier alpha value is -1.34. The van der Waals surface area contributed by atoms with Crippen molar-refractivity contribution in [3.8, 4) is 0 Å². The standard InChI is InChI=1S/C13H20N2O4S/c1-13(2)5-3-4-9(7-13)15-20(18,19)10-6-11(12(16)17)14-8-10/h6,8-9,14-15H,3-5,7H2,1-2H3,(H,16,17). The number of hydrogen-bond acceptors (Lipinski definition) is 3. The molecule has 2 rings (SSSR count). The first kappa shape index (κ1) is 15.1. The molecule has 1 fully saturated rings. The Balaban J connectivity index is 2.12. The number of carboxylic acid groups (broad SMARTS) is 1. The van der Waals surface area contributed by atoms with Gasteiger partial charge in [0, 0.05) is 12.2 Å². The summed E-state index contributed by atoms with van der Waals surface area (Å²) in [5, 5.41) is 8.81. The highest BCUT2D eigenvalue weighted by Crippen LogP contribution is 2.35. The van der Waals surface area contributed by atoms with Crippen LogP contribution in [0.5, 0.6) is 0 Å². The van der Waals surface area contributed by atoms with E-state index >= 15 is 0 Å². The molecule has 0 bridgehead atoms. The summed E-state index contributed by atoms with van der Waals surface area (Å²) in [6, 6.07) is 1.05. The van der Waals surface area contributed by atoms with Gasteiger partial charge in [0.1, 0.15) is 10.6 Å². The van der Waals surface area contributed by atoms with E-state index in [-0.39, 0.29) is 22.0 Å². The smallest absolute Gasteiger partial charge is 0.352 e. The number of carboxylic acids is 1. The van der Waals surface area contributed by atoms with E-state index in [9.17, 15) is 13.2 Å². The number of aromatic nitrogens is 1. The second-order valence-corrected chi connectivity index (χ2v) is 7.85. The van der Waals surface area contributed by atoms with Crippen molar-refractivity contribution >= 4 is 16.0 Å². The third-order valence-electron chi connectivity index (χ3n) is 3.72. The van der Waals surface area contributed by atoms with Gasteiger partial charge in [0.05, 0.1) is 0 Å². The van der Waals surface area contributed by atoms with E-state index in [1.807, 2.05) is 0 Å². The third kappa shape index (κ3) is 3.40. The number of carbonyl (C=O) groups is 1. The summed E-state index contributed by atoms with van der Waals surface area (Å²) < 4.78 is 27.1. The highest BCUT2D eigenvalue weighted by atomic mass is 32.2. The van der Waals surface area contributed by atoms with E-state index in [0.717, 1.165) is 31.7 Å². The number of rotatable bonds is 4. The lowest BCUT2D eigenvalue weighted by atomic mass is 9.75. The molecule has 0 saturated heterocycles. The number of sulfonamides is 1. The van der Waals surface area contributed by atoms with E-state index in [1.54, 1.807) is 0 Å². The van der Waals surface area contributed by atoms with Crippen LogP contribution in [0.25, 0.3) is 0 Å². The molecule has 1 aliphatic rings. The van der Waals surface area contributed by atoms with E-state index in [2.05, 4.69) is 23.6 Å². The Kier molecular flexibility index (Phi) is 3.93. The Morgan fingerprint density at radius 1 is 1.50 bits per heavy atom. The molecule has 1 aromatic rings. The largest absolute Gasteiger partial charge is 0.477 e. The van der Waals surface area contributed by atoms with Crippen molar-refractivity contribution in [3.63, 3.8) is 0 Å². The molecule has 6 nitrogen and oxygen atoms in total. The zero-order valence-electron chi connectivity index (χ0n) is 11.6. The fourth-order valence-electron chi connectivity index (χ4n) is 2.74. The van der Waals surface area contributed by atoms with Crippen LogP contribution in [-0.4, -0.2) is 30.5 Å². The van der Waals surface area contributed by atoms with Crippen molar-refractivity contribution in [3.05, 3.63) is 18.0 Å². The van der Waals surface area contributed by atoms with E-state index in [4.69, 9.17) is 5.11 Å². The minimum Gasteiger partial charge on any atom is -0.477 e. The maximum atomic E-state index is 12.2. The Morgan fingerprint density at radius 2 is 2.20 bits per heavy atom. The zero-order chi connectivity index (χ0) is 15.0. The maximum absolute atomic E-state index is 12.2. The molecular formula is C13H20N2O4S. The molecule has 0 spiro atoms. The van der Waals surface area contributed by atoms with Crippen molar-refractivity contribution in [2.24, 2.45) is 5.41 Å². The van der Waals surface area contributed by atoms with Crippen LogP contribution in [0.4, 0.5) is 0 Å². The van der Waals surface area contributed by atoms with E-state index < -0.39 is 16.0 Å². The van der Waals surface area contributed by atoms with Gasteiger partial charge in [-0.15, -0.1) is 0 Å². The van der Waals surface area contributed by atoms with Crippen LogP contribution in [0.15, 0.2) is 17.2 Å². The summed E-state index contributed by atoms with van der Waals surface area (Å²) in [5.41, 5.74) is 0.00450. The van der Waals surface area contributed by atoms with Crippen LogP contribution in [0, 0.1) is 5.41 Å². The first-order valence-corrected chi connectivity index (χ1v) is 8.12. The monoisotopic (exact) mass is 300 g/mol. The number of aromatic carboxylic acids is 1. The molecule has 0 aliphatic heterocycles. The Morgan fingerprint density at radius 3 is 2.75 bits per heavy atom. The molecule has 0 amide bonds. The lowest BCUT2D eigenvalue weighted by Gasteiger charge is -2.35. The first-order valence-electron chi connectivity index (χ1n) is 6.64. The number of hydrogen-bond donors (Lipinski definition) is 3. The summed E-state index contributed by atoms with van der Waals surface area (Å²) in [5.74, 6) is -1.18. The molecule has 20 heavy (non-hydrogen) atoms. The topological polar surface area (TPSA) is 99.3 Å². The molecular weight excluding hydrogens is 280 g/mol. The highest BCUT2D eigenvalue weighted by molar-refractivity contribution is 7.89. The SMILES string of the molecule is CC1(C)CCCC(NS(=O)(=O)c2c[nH]c(C(=O)O)c2)C1. The van der Waals surface area contributed by atoms with Gasteiger partial charge in [0.25, 0.3) is 0 Å². The summed E-state index contributed by atoms with van der Waals surface area (Å²) in [6.45, 7) is 4.26. The zero-order valence-corrected chi connectivity index (χ0v) is 12.5. The van der Waals surface area contributed by atoms with Crippen molar-refractivity contribution in [2.45, 2.75) is 50.5 Å². The molecule has 1 atom stereocenters. The highest BCUT2D eigenvalue weighted by Gasteiger charge is 2.31. The van der Waals surface area contributed by atoms with Crippen LogP contribution < -0.4 is 4.72 Å². The van der Waals surface area contributed by atoms with Crippen LogP contribution >= 0.6 is 0 Å². The predicted molar refractivity (Wildman–Crippen MR) is 74.1 cm³/mol. The van der Waals surface area contributed by atoms with Gasteiger partial charge < -0.3 is 10.1 Å². The van der Waals surface area contributed by atoms with Gasteiger partial charge in [0.2, 0.25) is 10.0 Å². The van der Waals surface area contributed by atoms with Gasteiger partial charge in [-0.3, -0.25) is 0 Å². The molecule has 0 aromatic carbocycles. The summed E-state index contributed by atoms with van der Waals surface area (Å²) in [6.07, 6.45) is 4.91. The average molecular weight is 300 g/mol. The molecule has 3 N–H and O–H groups in total. The van der Waals surface area contributed by atoms with Gasteiger partial charge in [-0.1, -0.05) is 20.3 Å². The molecule has 1 aliphatic carbocycles. The van der Waals surface area contributed by atoms with E-state index in [1.165, 1.54) is 6.20 Å². The summed E-state index contributed by atoms with van der Waals surface area (Å²) in [7, 11) is -3.67. The molecule has 1 aromatic heterocycles. The van der Waals surface area contributed by atoms with Gasteiger partial charge in [-0.05, 0) is 30.7 Å². The molecule has 1 saturated carbocycles. The Bertz CT molecular complexity index is 604. The van der Waals surface area contributed by atoms with Gasteiger partial charge in [-0.2, -0.15) is 0 Å². The average Bonchev–Trinajstić information content (AvgIpc) is 2.76. The lowest BCUT2D eigenvalue weighted by Crippen LogP contribution is -2.40. The van der Waals surface area contributed by atoms with Crippen molar-refractivity contribution in [1.29, 1.82) is 0 Å². The van der Waals surface area contributed by atoms with Crippen molar-refractivity contribution in [1.82, 2.24) is 9.71 Å². The summed E-state index contributed by atoms with van der Waals surface area (Å²) >= 11 is 0. The Labute approximate surface area is 118 Å². The van der Waals surface area contributed by atoms with Gasteiger partial charge in [0.15, 0.2) is 0 Å². The van der Waals surface area contributed by atoms with Crippen LogP contribution in [0.2, 0.25) is 0 Å². The minimum absolute atomic E-state index is 0.0294. The molecule has 1 heterocycles. The molecule has 0 radical (unpaired) electrons. The van der Waals surface area contributed by atoms with Gasteiger partial charge in [-0.25, -0.2) is 17.9 Å². The minimum atomic E-state index is -3.67. The van der Waals surface area contributed by atoms with Crippen LogP contribution in [0.3, 0.4) is 0 Å². The normalized spacial score (nSPS) is 22.6. The van der Waals surface area contributed by atoms with Crippen LogP contribution in [0.1, 0.15) is 50.0 Å². The summed E-state index contributed by atoms with van der Waals surface area (Å²) in [4.78, 5) is 13.2.